The van der Waals surface area contributed by atoms with Gasteiger partial charge in [-0.15, -0.1) is 0 Å². The molecule has 0 bridgehead atoms. The summed E-state index contributed by atoms with van der Waals surface area (Å²) in [6.45, 7) is 4.92. The molecule has 0 heterocycles. The molecule has 0 spiro atoms. The van der Waals surface area contributed by atoms with E-state index in [1.54, 1.807) is 6.08 Å². The van der Waals surface area contributed by atoms with Gasteiger partial charge in [-0.25, -0.2) is 0 Å². The van der Waals surface area contributed by atoms with E-state index in [9.17, 15) is 19.8 Å². The van der Waals surface area contributed by atoms with Crippen LogP contribution < -0.4 is 5.32 Å². The fraction of sp³-hybridized carbons (Fsp3) is 0.910. The smallest absolute Gasteiger partial charge is 0.305 e. The minimum atomic E-state index is -0.842. The molecule has 73 heavy (non-hydrogen) atoms. The number of nitrogens with one attached hydrogen (secondary N) is 1. The SMILES string of the molecule is CCCCCCCCC/C=C\CCCCCCCCCC(=O)OCCCCCCCCCCCCCCCCCCCCCCCCCCCC(=O)NC(CO)C(O)/C=C/CCCCCCCCCCCCC. The zero-order valence-corrected chi connectivity index (χ0v) is 49.4. The molecule has 432 valence electrons. The maximum Gasteiger partial charge on any atom is 0.305 e. The summed E-state index contributed by atoms with van der Waals surface area (Å²) >= 11 is 0. The Balaban J connectivity index is 3.35. The first-order chi connectivity index (χ1) is 36.0. The highest BCUT2D eigenvalue weighted by atomic mass is 16.5. The van der Waals surface area contributed by atoms with Gasteiger partial charge in [-0.1, -0.05) is 321 Å². The van der Waals surface area contributed by atoms with Gasteiger partial charge in [0.15, 0.2) is 0 Å². The number of carbonyl (C=O) groups is 2. The number of rotatable bonds is 62. The molecule has 0 aromatic heterocycles. The normalized spacial score (nSPS) is 12.7. The summed E-state index contributed by atoms with van der Waals surface area (Å²) < 4.78 is 5.50. The van der Waals surface area contributed by atoms with Gasteiger partial charge in [0.25, 0.3) is 0 Å². The van der Waals surface area contributed by atoms with Crippen LogP contribution in [0.25, 0.3) is 0 Å². The van der Waals surface area contributed by atoms with Crippen LogP contribution in [0.5, 0.6) is 0 Å². The van der Waals surface area contributed by atoms with E-state index in [1.807, 2.05) is 6.08 Å². The topological polar surface area (TPSA) is 95.9 Å². The lowest BCUT2D eigenvalue weighted by Gasteiger charge is -2.20. The zero-order valence-electron chi connectivity index (χ0n) is 49.4. The molecule has 0 fully saturated rings. The molecule has 6 heteroatoms. The minimum absolute atomic E-state index is 0.0135. The number of aliphatic hydroxyl groups is 2. The summed E-state index contributed by atoms with van der Waals surface area (Å²) in [6.07, 6.45) is 78.1. The van der Waals surface area contributed by atoms with Gasteiger partial charge in [0.1, 0.15) is 0 Å². The van der Waals surface area contributed by atoms with Crippen molar-refractivity contribution in [3.63, 3.8) is 0 Å². The Labute approximate surface area is 456 Å². The number of allylic oxidation sites excluding steroid dienone is 3. The number of unbranched alkanes of at least 4 members (excludes halogenated alkanes) is 49. The first-order valence-electron chi connectivity index (χ1n) is 33.1. The van der Waals surface area contributed by atoms with E-state index in [1.165, 1.54) is 295 Å². The van der Waals surface area contributed by atoms with Crippen LogP contribution in [0.1, 0.15) is 367 Å². The van der Waals surface area contributed by atoms with E-state index >= 15 is 0 Å². The highest BCUT2D eigenvalue weighted by Crippen LogP contribution is 2.18. The molecule has 0 saturated heterocycles. The van der Waals surface area contributed by atoms with Crippen molar-refractivity contribution in [2.24, 2.45) is 0 Å². The van der Waals surface area contributed by atoms with Crippen LogP contribution in [0.4, 0.5) is 0 Å². The van der Waals surface area contributed by atoms with Crippen LogP contribution in [0.2, 0.25) is 0 Å². The summed E-state index contributed by atoms with van der Waals surface area (Å²) in [6, 6.07) is -0.625. The average molecular weight is 1030 g/mol. The second-order valence-corrected chi connectivity index (χ2v) is 22.8. The van der Waals surface area contributed by atoms with Crippen molar-refractivity contribution in [1.29, 1.82) is 0 Å². The average Bonchev–Trinajstić information content (AvgIpc) is 3.39. The molecular formula is C67H129NO5. The van der Waals surface area contributed by atoms with Crippen molar-refractivity contribution in [1.82, 2.24) is 5.32 Å². The minimum Gasteiger partial charge on any atom is -0.466 e. The molecule has 0 rings (SSSR count). The Morgan fingerprint density at radius 3 is 0.973 bits per heavy atom. The Morgan fingerprint density at radius 1 is 0.370 bits per heavy atom. The van der Waals surface area contributed by atoms with E-state index in [0.717, 1.165) is 44.9 Å². The molecule has 0 radical (unpaired) electrons. The fourth-order valence-electron chi connectivity index (χ4n) is 10.4. The van der Waals surface area contributed by atoms with Crippen LogP contribution in [0.3, 0.4) is 0 Å². The summed E-state index contributed by atoms with van der Waals surface area (Å²) in [5, 5.41) is 23.1. The second-order valence-electron chi connectivity index (χ2n) is 22.8. The van der Waals surface area contributed by atoms with Crippen molar-refractivity contribution in [3.05, 3.63) is 24.3 Å². The Morgan fingerprint density at radius 2 is 0.644 bits per heavy atom. The lowest BCUT2D eigenvalue weighted by molar-refractivity contribution is -0.143. The molecule has 0 saturated carbocycles. The monoisotopic (exact) mass is 1030 g/mol. The highest BCUT2D eigenvalue weighted by molar-refractivity contribution is 5.76. The largest absolute Gasteiger partial charge is 0.466 e. The maximum absolute atomic E-state index is 12.5. The highest BCUT2D eigenvalue weighted by Gasteiger charge is 2.18. The molecule has 0 aliphatic rings. The number of esters is 1. The van der Waals surface area contributed by atoms with E-state index in [2.05, 4.69) is 31.3 Å². The van der Waals surface area contributed by atoms with Crippen molar-refractivity contribution in [3.8, 4) is 0 Å². The second kappa shape index (κ2) is 62.9. The first kappa shape index (κ1) is 71.3. The van der Waals surface area contributed by atoms with Gasteiger partial charge in [-0.05, 0) is 57.8 Å². The summed E-state index contributed by atoms with van der Waals surface area (Å²) in [5.41, 5.74) is 0. The van der Waals surface area contributed by atoms with Gasteiger partial charge in [-0.3, -0.25) is 9.59 Å². The molecule has 0 aliphatic heterocycles. The van der Waals surface area contributed by atoms with E-state index in [-0.39, 0.29) is 18.5 Å². The quantitative estimate of drug-likeness (QED) is 0.0320. The Bertz CT molecular complexity index is 1140. The van der Waals surface area contributed by atoms with Gasteiger partial charge < -0.3 is 20.3 Å². The van der Waals surface area contributed by atoms with E-state index in [4.69, 9.17) is 4.74 Å². The van der Waals surface area contributed by atoms with Crippen LogP contribution in [-0.2, 0) is 14.3 Å². The third kappa shape index (κ3) is 59.4. The van der Waals surface area contributed by atoms with Crippen molar-refractivity contribution in [2.45, 2.75) is 379 Å². The number of carbonyl (C=O) groups excluding carboxylic acids is 2. The Hall–Kier alpha value is -1.66. The fourth-order valence-corrected chi connectivity index (χ4v) is 10.4. The van der Waals surface area contributed by atoms with E-state index < -0.39 is 12.1 Å². The van der Waals surface area contributed by atoms with Crippen molar-refractivity contribution in [2.75, 3.05) is 13.2 Å². The molecule has 2 unspecified atom stereocenters. The maximum atomic E-state index is 12.5. The van der Waals surface area contributed by atoms with Gasteiger partial charge in [0.05, 0.1) is 25.4 Å². The number of amides is 1. The molecule has 1 amide bonds. The summed E-state index contributed by atoms with van der Waals surface area (Å²) in [4.78, 5) is 24.6. The first-order valence-corrected chi connectivity index (χ1v) is 33.1. The molecule has 6 nitrogen and oxygen atoms in total. The van der Waals surface area contributed by atoms with Crippen LogP contribution in [-0.4, -0.2) is 47.4 Å². The third-order valence-electron chi connectivity index (χ3n) is 15.5. The van der Waals surface area contributed by atoms with Crippen LogP contribution in [0, 0.1) is 0 Å². The molecule has 0 aliphatic carbocycles. The predicted molar refractivity (Wildman–Crippen MR) is 320 cm³/mol. The van der Waals surface area contributed by atoms with Crippen LogP contribution in [0.15, 0.2) is 24.3 Å². The molecule has 2 atom stereocenters. The summed E-state index contributed by atoms with van der Waals surface area (Å²) in [5.74, 6) is -0.0515. The summed E-state index contributed by atoms with van der Waals surface area (Å²) in [7, 11) is 0. The lowest BCUT2D eigenvalue weighted by atomic mass is 10.0. The predicted octanol–water partition coefficient (Wildman–Crippen LogP) is 21.0. The number of ether oxygens (including phenoxy) is 1. The lowest BCUT2D eigenvalue weighted by Crippen LogP contribution is -2.45. The van der Waals surface area contributed by atoms with E-state index in [0.29, 0.717) is 19.4 Å². The molecule has 3 N–H and O–H groups in total. The number of hydrogen-bond donors (Lipinski definition) is 3. The van der Waals surface area contributed by atoms with Gasteiger partial charge in [0, 0.05) is 12.8 Å². The van der Waals surface area contributed by atoms with Crippen LogP contribution >= 0.6 is 0 Å². The van der Waals surface area contributed by atoms with Gasteiger partial charge in [-0.2, -0.15) is 0 Å². The molecule has 0 aromatic rings. The van der Waals surface area contributed by atoms with Crippen molar-refractivity contribution < 1.29 is 24.5 Å². The molecular weight excluding hydrogens is 899 g/mol. The number of aliphatic hydroxyl groups excluding tert-OH is 2. The van der Waals surface area contributed by atoms with Crippen molar-refractivity contribution >= 4 is 11.9 Å². The van der Waals surface area contributed by atoms with Gasteiger partial charge in [0.2, 0.25) is 5.91 Å². The third-order valence-corrected chi connectivity index (χ3v) is 15.5. The molecule has 0 aromatic carbocycles. The standard InChI is InChI=1S/C67H129NO5/c1-3-5-7-9-11-13-15-17-18-19-30-33-37-41-45-49-53-57-61-67(72)73-62-58-54-50-46-42-38-34-31-28-26-24-22-20-21-23-25-27-29-32-36-40-44-48-52-56-60-66(71)68-64(63-69)65(70)59-55-51-47-43-39-35-16-14-12-10-8-6-4-2/h18-19,55,59,64-65,69-70H,3-17,20-54,56-58,60-63H2,1-2H3,(H,68,71)/b19-18-,59-55+. The Kier molecular flexibility index (Phi) is 61.4. The number of hydrogen-bond acceptors (Lipinski definition) is 5. The zero-order chi connectivity index (χ0) is 52.9. The van der Waals surface area contributed by atoms with Gasteiger partial charge >= 0.3 is 5.97 Å².